The van der Waals surface area contributed by atoms with Gasteiger partial charge in [0.15, 0.2) is 0 Å². The summed E-state index contributed by atoms with van der Waals surface area (Å²) in [5.41, 5.74) is 0.389. The summed E-state index contributed by atoms with van der Waals surface area (Å²) in [4.78, 5) is 10.7. The van der Waals surface area contributed by atoms with Gasteiger partial charge < -0.3 is 0 Å². The molecule has 2 saturated carbocycles. The molecule has 2 saturated heterocycles. The van der Waals surface area contributed by atoms with Gasteiger partial charge in [-0.15, -0.1) is 0 Å². The quantitative estimate of drug-likeness (QED) is 0.705. The molecule has 7 atom stereocenters. The fraction of sp³-hybridized carbons (Fsp3) is 0.889. The Balaban J connectivity index is 1.66. The van der Waals surface area contributed by atoms with Gasteiger partial charge in [-0.2, -0.15) is 0 Å². The van der Waals surface area contributed by atoms with Crippen LogP contribution in [0.4, 0.5) is 0 Å². The predicted octanol–water partition coefficient (Wildman–Crippen LogP) is 1.27. The fourth-order valence-corrected chi connectivity index (χ4v) is 7.06. The number of nitrogens with zero attached hydrogens (tertiary/aromatic N) is 2. The van der Waals surface area contributed by atoms with E-state index in [2.05, 4.69) is 51.3 Å². The molecular formula is C18H28Al2N2. The summed E-state index contributed by atoms with van der Waals surface area (Å²) in [6.45, 7) is 5.31. The molecule has 22 heavy (non-hydrogen) atoms. The molecule has 0 N–H and O–H groups in total. The number of fused-ring (bicyclic) bond motifs is 7. The molecule has 4 rings (SSSR count). The monoisotopic (exact) mass is 326 g/mol. The molecule has 2 aliphatic heterocycles. The Hall–Kier alpha value is 0.725. The van der Waals surface area contributed by atoms with Crippen LogP contribution in [0.3, 0.4) is 0 Å². The summed E-state index contributed by atoms with van der Waals surface area (Å²) in [6.07, 6.45) is 9.96. The van der Waals surface area contributed by atoms with Crippen molar-refractivity contribution in [2.75, 3.05) is 26.2 Å². The van der Waals surface area contributed by atoms with E-state index in [1.54, 1.807) is 0 Å². The van der Waals surface area contributed by atoms with Gasteiger partial charge in [-0.25, -0.2) is 0 Å². The second kappa shape index (κ2) is 6.56. The van der Waals surface area contributed by atoms with Gasteiger partial charge >= 0.3 is 152 Å². The summed E-state index contributed by atoms with van der Waals surface area (Å²) in [6, 6.07) is 0.871. The molecule has 2 radical (unpaired) electrons. The molecule has 2 aliphatic carbocycles. The maximum absolute atomic E-state index is 3.00. The van der Waals surface area contributed by atoms with Gasteiger partial charge in [0.1, 0.15) is 0 Å². The van der Waals surface area contributed by atoms with Crippen molar-refractivity contribution in [2.24, 2.45) is 17.8 Å². The molecular weight excluding hydrogens is 298 g/mol. The van der Waals surface area contributed by atoms with Gasteiger partial charge in [-0.3, -0.25) is 0 Å². The summed E-state index contributed by atoms with van der Waals surface area (Å²) >= 11 is 5.88. The van der Waals surface area contributed by atoms with Crippen molar-refractivity contribution in [2.45, 2.75) is 56.5 Å². The zero-order valence-corrected chi connectivity index (χ0v) is 16.1. The van der Waals surface area contributed by atoms with Gasteiger partial charge in [0.25, 0.3) is 0 Å². The average Bonchev–Trinajstić information content (AvgIpc) is 2.83. The van der Waals surface area contributed by atoms with Crippen molar-refractivity contribution in [3.8, 4) is 0 Å². The van der Waals surface area contributed by atoms with Crippen molar-refractivity contribution in [1.29, 1.82) is 0 Å². The molecule has 116 valence electrons. The zero-order valence-electron chi connectivity index (χ0n) is 13.8. The third-order valence-corrected chi connectivity index (χ3v) is 8.38. The van der Waals surface area contributed by atoms with E-state index in [0.717, 1.165) is 23.8 Å². The first-order valence-corrected chi connectivity index (χ1v) is 10.7. The topological polar surface area (TPSA) is 6.48 Å². The van der Waals surface area contributed by atoms with Crippen LogP contribution in [0, 0.1) is 17.8 Å². The van der Waals surface area contributed by atoms with Crippen LogP contribution in [0.5, 0.6) is 0 Å². The minimum absolute atomic E-state index is 0.389. The first-order valence-electron chi connectivity index (χ1n) is 9.37. The normalized spacial score (nSPS) is 51.0. The maximum atomic E-state index is 3.00. The average molecular weight is 326 g/mol. The third kappa shape index (κ3) is 2.60. The third-order valence-electron chi connectivity index (χ3n) is 7.26. The molecule has 0 spiro atoms. The molecule has 7 unspecified atom stereocenters. The van der Waals surface area contributed by atoms with Crippen LogP contribution in [-0.4, -0.2) is 89.0 Å². The van der Waals surface area contributed by atoms with Gasteiger partial charge in [-0.05, 0) is 0 Å². The Morgan fingerprint density at radius 2 is 1.91 bits per heavy atom. The Morgan fingerprint density at radius 1 is 1.00 bits per heavy atom. The van der Waals surface area contributed by atoms with Gasteiger partial charge in [-0.1, -0.05) is 0 Å². The van der Waals surface area contributed by atoms with E-state index in [9.17, 15) is 0 Å². The van der Waals surface area contributed by atoms with Gasteiger partial charge in [0.2, 0.25) is 0 Å². The summed E-state index contributed by atoms with van der Waals surface area (Å²) in [7, 11) is 0. The van der Waals surface area contributed by atoms with E-state index >= 15 is 0 Å². The molecule has 0 amide bonds. The second-order valence-corrected chi connectivity index (χ2v) is 8.85. The van der Waals surface area contributed by atoms with Crippen LogP contribution in [0.15, 0.2) is 0 Å². The van der Waals surface area contributed by atoms with Gasteiger partial charge in [0, 0.05) is 0 Å². The van der Waals surface area contributed by atoms with E-state index in [-0.39, 0.29) is 0 Å². The first-order chi connectivity index (χ1) is 10.8. The molecule has 4 fully saturated rings. The van der Waals surface area contributed by atoms with Crippen molar-refractivity contribution in [3.05, 3.63) is 0 Å². The Kier molecular flexibility index (Phi) is 4.83. The molecule has 2 heterocycles. The molecule has 2 bridgehead atoms. The summed E-state index contributed by atoms with van der Waals surface area (Å²) in [5, 5.41) is 0. The molecule has 4 heteroatoms. The molecule has 0 aromatic heterocycles. The Bertz CT molecular complexity index is 454. The second-order valence-electron chi connectivity index (χ2n) is 8.13. The Labute approximate surface area is 151 Å². The SMILES string of the molecule is [Al]=[CH]C1CCC2C(C1)CN1CCN2CC2CCCCC21[CH]=[Al]. The van der Waals surface area contributed by atoms with E-state index in [1.165, 1.54) is 71.1 Å². The van der Waals surface area contributed by atoms with Crippen LogP contribution in [0.1, 0.15) is 44.9 Å². The van der Waals surface area contributed by atoms with Crippen molar-refractivity contribution < 1.29 is 0 Å². The van der Waals surface area contributed by atoms with Crippen molar-refractivity contribution in [3.63, 3.8) is 0 Å². The van der Waals surface area contributed by atoms with E-state index in [4.69, 9.17) is 0 Å². The molecule has 0 aromatic rings. The zero-order chi connectivity index (χ0) is 15.2. The van der Waals surface area contributed by atoms with E-state index in [1.807, 2.05) is 0 Å². The van der Waals surface area contributed by atoms with Crippen molar-refractivity contribution >= 4 is 41.5 Å². The minimum atomic E-state index is 0.389. The molecule has 4 aliphatic rings. The van der Waals surface area contributed by atoms with Crippen LogP contribution in [0.2, 0.25) is 0 Å². The van der Waals surface area contributed by atoms with Crippen LogP contribution < -0.4 is 0 Å². The number of hydrogen-bond acceptors (Lipinski definition) is 2. The van der Waals surface area contributed by atoms with Crippen LogP contribution in [-0.2, 0) is 0 Å². The summed E-state index contributed by atoms with van der Waals surface area (Å²) < 4.78 is 0. The Morgan fingerprint density at radius 3 is 2.73 bits per heavy atom. The molecule has 0 aromatic carbocycles. The van der Waals surface area contributed by atoms with Gasteiger partial charge in [0.05, 0.1) is 0 Å². The first kappa shape index (κ1) is 16.2. The van der Waals surface area contributed by atoms with Crippen LogP contribution >= 0.6 is 0 Å². The fourth-order valence-electron chi connectivity index (χ4n) is 6.06. The summed E-state index contributed by atoms with van der Waals surface area (Å²) in [5.74, 6) is 2.60. The van der Waals surface area contributed by atoms with E-state index < -0.39 is 0 Å². The van der Waals surface area contributed by atoms with Crippen LogP contribution in [0.25, 0.3) is 0 Å². The number of hydrogen-bond donors (Lipinski definition) is 0. The predicted molar refractivity (Wildman–Crippen MR) is 96.1 cm³/mol. The van der Waals surface area contributed by atoms with E-state index in [0.29, 0.717) is 5.54 Å². The number of rotatable bonds is 2. The standard InChI is InChI=1S/C18H28N2.2Al/c1-14-6-7-17-15(11-14)12-20-10-9-19(17)13-16-5-3-4-8-18(16,20)2;;/h1-2,14-17H,3-13H2;;. The molecule has 2 nitrogen and oxygen atoms in total. The van der Waals surface area contributed by atoms with Crippen molar-refractivity contribution in [1.82, 2.24) is 9.80 Å².